The van der Waals surface area contributed by atoms with E-state index in [2.05, 4.69) is 4.98 Å². The Morgan fingerprint density at radius 1 is 1.40 bits per heavy atom. The number of rotatable bonds is 0. The number of aryl methyl sites for hydroxylation is 1. The number of hydrogen-bond donors (Lipinski definition) is 0. The van der Waals surface area contributed by atoms with Gasteiger partial charge in [-0.15, -0.1) is 0 Å². The molecule has 2 rings (SSSR count). The lowest BCUT2D eigenvalue weighted by Crippen LogP contribution is -1.90. The summed E-state index contributed by atoms with van der Waals surface area (Å²) in [5.41, 5.74) is 1.79. The molecule has 0 radical (unpaired) electrons. The summed E-state index contributed by atoms with van der Waals surface area (Å²) in [6.45, 7) is 0. The van der Waals surface area contributed by atoms with Gasteiger partial charge in [0.25, 0.3) is 0 Å². The van der Waals surface area contributed by atoms with Crippen LogP contribution >= 0.6 is 0 Å². The predicted octanol–water partition coefficient (Wildman–Crippen LogP) is 1.71. The fraction of sp³-hybridized carbons (Fsp3) is 0.375. The number of aromatic nitrogens is 1. The quantitative estimate of drug-likeness (QED) is 0.530. The minimum absolute atomic E-state index is 0.0810. The highest BCUT2D eigenvalue weighted by Crippen LogP contribution is 2.21. The van der Waals surface area contributed by atoms with E-state index in [-0.39, 0.29) is 5.82 Å². The number of halogens is 1. The first kappa shape index (κ1) is 5.83. The van der Waals surface area contributed by atoms with Crippen molar-refractivity contribution in [3.8, 4) is 0 Å². The number of nitrogens with zero attached hydrogens (tertiary/aromatic N) is 1. The van der Waals surface area contributed by atoms with Crippen LogP contribution in [0.1, 0.15) is 17.7 Å². The molecule has 0 aromatic carbocycles. The summed E-state index contributed by atoms with van der Waals surface area (Å²) < 4.78 is 12.9. The topological polar surface area (TPSA) is 12.9 Å². The van der Waals surface area contributed by atoms with E-state index in [9.17, 15) is 4.39 Å². The van der Waals surface area contributed by atoms with Gasteiger partial charge in [-0.3, -0.25) is 4.98 Å². The molecule has 52 valence electrons. The molecule has 0 unspecified atom stereocenters. The van der Waals surface area contributed by atoms with E-state index in [4.69, 9.17) is 0 Å². The molecular weight excluding hydrogens is 129 g/mol. The molecule has 1 nitrogen and oxygen atoms in total. The summed E-state index contributed by atoms with van der Waals surface area (Å²) in [6.07, 6.45) is 4.42. The highest BCUT2D eigenvalue weighted by Gasteiger charge is 2.14. The van der Waals surface area contributed by atoms with Crippen molar-refractivity contribution in [3.05, 3.63) is 29.3 Å². The van der Waals surface area contributed by atoms with Gasteiger partial charge in [-0.05, 0) is 25.3 Å². The zero-order chi connectivity index (χ0) is 6.97. The normalized spacial score (nSPS) is 15.3. The van der Waals surface area contributed by atoms with Gasteiger partial charge in [0.15, 0.2) is 0 Å². The summed E-state index contributed by atoms with van der Waals surface area (Å²) >= 11 is 0. The Morgan fingerprint density at radius 2 is 2.30 bits per heavy atom. The smallest absolute Gasteiger partial charge is 0.129 e. The van der Waals surface area contributed by atoms with Crippen molar-refractivity contribution < 1.29 is 4.39 Å². The molecule has 0 atom stereocenters. The van der Waals surface area contributed by atoms with Crippen molar-refractivity contribution in [1.82, 2.24) is 4.98 Å². The molecule has 0 saturated heterocycles. The van der Waals surface area contributed by atoms with Gasteiger partial charge < -0.3 is 0 Å². The Labute approximate surface area is 58.9 Å². The summed E-state index contributed by atoms with van der Waals surface area (Å²) in [5, 5.41) is 0. The van der Waals surface area contributed by atoms with Crippen molar-refractivity contribution in [1.29, 1.82) is 0 Å². The molecule has 0 fully saturated rings. The highest BCUT2D eigenvalue weighted by atomic mass is 19.1. The lowest BCUT2D eigenvalue weighted by Gasteiger charge is -1.96. The lowest BCUT2D eigenvalue weighted by atomic mass is 10.2. The van der Waals surface area contributed by atoms with Crippen LogP contribution in [0.2, 0.25) is 0 Å². The molecule has 0 spiro atoms. The lowest BCUT2D eigenvalue weighted by molar-refractivity contribution is 0.610. The van der Waals surface area contributed by atoms with Crippen LogP contribution in [0.15, 0.2) is 12.3 Å². The zero-order valence-corrected chi connectivity index (χ0v) is 5.60. The predicted molar refractivity (Wildman–Crippen MR) is 36.2 cm³/mol. The minimum Gasteiger partial charge on any atom is -0.261 e. The molecule has 0 saturated carbocycles. The van der Waals surface area contributed by atoms with E-state index in [0.717, 1.165) is 30.5 Å². The maximum absolute atomic E-state index is 12.9. The van der Waals surface area contributed by atoms with E-state index < -0.39 is 0 Å². The van der Waals surface area contributed by atoms with Crippen molar-refractivity contribution in [2.24, 2.45) is 0 Å². The monoisotopic (exact) mass is 137 g/mol. The van der Waals surface area contributed by atoms with Crippen LogP contribution in [0, 0.1) is 5.82 Å². The van der Waals surface area contributed by atoms with Crippen LogP contribution in [-0.4, -0.2) is 4.98 Å². The molecule has 1 heterocycles. The van der Waals surface area contributed by atoms with Crippen LogP contribution in [0.25, 0.3) is 0 Å². The van der Waals surface area contributed by atoms with Crippen molar-refractivity contribution >= 4 is 0 Å². The van der Waals surface area contributed by atoms with Crippen molar-refractivity contribution in [2.45, 2.75) is 19.3 Å². The second-order valence-corrected chi connectivity index (χ2v) is 2.57. The summed E-state index contributed by atoms with van der Waals surface area (Å²) in [6, 6.07) is 1.43. The molecule has 10 heavy (non-hydrogen) atoms. The molecule has 1 aromatic heterocycles. The van der Waals surface area contributed by atoms with E-state index in [1.54, 1.807) is 6.20 Å². The Bertz CT molecular complexity index is 257. The fourth-order valence-electron chi connectivity index (χ4n) is 1.42. The van der Waals surface area contributed by atoms with E-state index in [1.807, 2.05) is 0 Å². The van der Waals surface area contributed by atoms with Crippen LogP contribution < -0.4 is 0 Å². The molecule has 2 heteroatoms. The average Bonchev–Trinajstić information content (AvgIpc) is 2.36. The van der Waals surface area contributed by atoms with Gasteiger partial charge in [-0.2, -0.15) is 0 Å². The van der Waals surface area contributed by atoms with Crippen LogP contribution in [0.4, 0.5) is 4.39 Å². The second-order valence-electron chi connectivity index (χ2n) is 2.57. The SMILES string of the molecule is Fc1ccnc2c1CCC2. The van der Waals surface area contributed by atoms with Gasteiger partial charge in [-0.25, -0.2) is 4.39 Å². The Kier molecular flexibility index (Phi) is 1.19. The van der Waals surface area contributed by atoms with Gasteiger partial charge in [0.2, 0.25) is 0 Å². The molecule has 0 amide bonds. The molecular formula is C8H8FN. The van der Waals surface area contributed by atoms with Crippen LogP contribution in [-0.2, 0) is 12.8 Å². The number of fused-ring (bicyclic) bond motifs is 1. The number of pyridine rings is 1. The van der Waals surface area contributed by atoms with Gasteiger partial charge >= 0.3 is 0 Å². The maximum Gasteiger partial charge on any atom is 0.129 e. The van der Waals surface area contributed by atoms with Gasteiger partial charge in [0, 0.05) is 17.5 Å². The first-order valence-corrected chi connectivity index (χ1v) is 3.50. The number of hydrogen-bond acceptors (Lipinski definition) is 1. The Hall–Kier alpha value is -0.920. The molecule has 1 aliphatic carbocycles. The second kappa shape index (κ2) is 2.04. The van der Waals surface area contributed by atoms with Gasteiger partial charge in [-0.1, -0.05) is 0 Å². The zero-order valence-electron chi connectivity index (χ0n) is 5.60. The fourth-order valence-corrected chi connectivity index (χ4v) is 1.42. The first-order chi connectivity index (χ1) is 4.88. The Balaban J connectivity index is 2.59. The van der Waals surface area contributed by atoms with Crippen molar-refractivity contribution in [2.75, 3.05) is 0 Å². The standard InChI is InChI=1S/C8H8FN/c9-7-4-5-10-8-3-1-2-6(7)8/h4-5H,1-3H2. The third kappa shape index (κ3) is 0.719. The molecule has 0 bridgehead atoms. The van der Waals surface area contributed by atoms with E-state index >= 15 is 0 Å². The van der Waals surface area contributed by atoms with E-state index in [1.165, 1.54) is 6.07 Å². The van der Waals surface area contributed by atoms with Gasteiger partial charge in [0.1, 0.15) is 5.82 Å². The molecule has 0 N–H and O–H groups in total. The summed E-state index contributed by atoms with van der Waals surface area (Å²) in [5.74, 6) is -0.0810. The average molecular weight is 137 g/mol. The third-order valence-electron chi connectivity index (χ3n) is 1.93. The highest BCUT2D eigenvalue weighted by molar-refractivity contribution is 5.25. The maximum atomic E-state index is 12.9. The molecule has 0 aliphatic heterocycles. The molecule has 1 aromatic rings. The van der Waals surface area contributed by atoms with Crippen LogP contribution in [0.3, 0.4) is 0 Å². The van der Waals surface area contributed by atoms with Gasteiger partial charge in [0.05, 0.1) is 0 Å². The Morgan fingerprint density at radius 3 is 3.10 bits per heavy atom. The minimum atomic E-state index is -0.0810. The third-order valence-corrected chi connectivity index (χ3v) is 1.93. The molecule has 1 aliphatic rings. The largest absolute Gasteiger partial charge is 0.261 e. The van der Waals surface area contributed by atoms with Crippen molar-refractivity contribution in [3.63, 3.8) is 0 Å². The summed E-state index contributed by atoms with van der Waals surface area (Å²) in [7, 11) is 0. The first-order valence-electron chi connectivity index (χ1n) is 3.50. The van der Waals surface area contributed by atoms with E-state index in [0.29, 0.717) is 0 Å². The van der Waals surface area contributed by atoms with Crippen LogP contribution in [0.5, 0.6) is 0 Å². The summed E-state index contributed by atoms with van der Waals surface area (Å²) in [4.78, 5) is 4.08.